The Morgan fingerprint density at radius 3 is 2.00 bits per heavy atom. The smallest absolute Gasteiger partial charge is 0.239 e. The van der Waals surface area contributed by atoms with Gasteiger partial charge in [-0.2, -0.15) is 0 Å². The minimum absolute atomic E-state index is 0.0552. The molecule has 0 radical (unpaired) electrons. The van der Waals surface area contributed by atoms with Crippen molar-refractivity contribution in [3.8, 4) is 0 Å². The van der Waals surface area contributed by atoms with E-state index in [4.69, 9.17) is 0 Å². The molecule has 0 aromatic heterocycles. The predicted octanol–water partition coefficient (Wildman–Crippen LogP) is 1.92. The zero-order valence-corrected chi connectivity index (χ0v) is 14.9. The van der Waals surface area contributed by atoms with Gasteiger partial charge >= 0.3 is 0 Å². The highest BCUT2D eigenvalue weighted by molar-refractivity contribution is 5.87. The number of carbonyl (C=O) groups is 2. The number of nitrogens with one attached hydrogen (secondary N) is 2. The van der Waals surface area contributed by atoms with Crippen LogP contribution in [0.4, 0.5) is 0 Å². The van der Waals surface area contributed by atoms with Crippen molar-refractivity contribution in [2.75, 3.05) is 27.2 Å². The first kappa shape index (κ1) is 18.9. The van der Waals surface area contributed by atoms with Crippen molar-refractivity contribution < 1.29 is 9.59 Å². The Kier molecular flexibility index (Phi) is 6.85. The molecule has 0 bridgehead atoms. The monoisotopic (exact) mass is 311 g/mol. The van der Waals surface area contributed by atoms with Gasteiger partial charge in [-0.1, -0.05) is 46.5 Å². The average molecular weight is 311 g/mol. The van der Waals surface area contributed by atoms with Gasteiger partial charge in [-0.25, -0.2) is 0 Å². The SMILES string of the molecule is CN(C)C1(CNC(=O)CNC(=O)C(C)(C)C)CCCCCC1. The lowest BCUT2D eigenvalue weighted by atomic mass is 9.88. The van der Waals surface area contributed by atoms with Crippen molar-refractivity contribution in [1.82, 2.24) is 15.5 Å². The molecule has 0 atom stereocenters. The third-order valence-electron chi connectivity index (χ3n) is 4.69. The van der Waals surface area contributed by atoms with Gasteiger partial charge in [0.15, 0.2) is 0 Å². The molecule has 0 spiro atoms. The van der Waals surface area contributed by atoms with Crippen molar-refractivity contribution in [3.05, 3.63) is 0 Å². The normalized spacial score (nSPS) is 18.6. The fraction of sp³-hybridized carbons (Fsp3) is 0.882. The van der Waals surface area contributed by atoms with Gasteiger partial charge in [0, 0.05) is 17.5 Å². The van der Waals surface area contributed by atoms with E-state index in [1.807, 2.05) is 20.8 Å². The summed E-state index contributed by atoms with van der Waals surface area (Å²) in [6.07, 6.45) is 7.24. The van der Waals surface area contributed by atoms with Crippen molar-refractivity contribution >= 4 is 11.8 Å². The molecular formula is C17H33N3O2. The van der Waals surface area contributed by atoms with E-state index >= 15 is 0 Å². The highest BCUT2D eigenvalue weighted by Crippen LogP contribution is 2.30. The van der Waals surface area contributed by atoms with Crippen LogP contribution in [-0.2, 0) is 9.59 Å². The van der Waals surface area contributed by atoms with Crippen LogP contribution >= 0.6 is 0 Å². The summed E-state index contributed by atoms with van der Waals surface area (Å²) in [5.41, 5.74) is -0.410. The summed E-state index contributed by atoms with van der Waals surface area (Å²) in [6.45, 7) is 6.23. The second kappa shape index (κ2) is 7.95. The summed E-state index contributed by atoms with van der Waals surface area (Å²) in [7, 11) is 4.19. The maximum Gasteiger partial charge on any atom is 0.239 e. The molecule has 0 aromatic rings. The second-order valence-electron chi connectivity index (χ2n) is 7.74. The molecular weight excluding hydrogens is 278 g/mol. The number of carbonyl (C=O) groups excluding carboxylic acids is 2. The summed E-state index contributed by atoms with van der Waals surface area (Å²) in [5.74, 6) is -0.206. The van der Waals surface area contributed by atoms with Crippen LogP contribution in [0.25, 0.3) is 0 Å². The lowest BCUT2D eigenvalue weighted by Gasteiger charge is -2.39. The van der Waals surface area contributed by atoms with E-state index in [0.29, 0.717) is 6.54 Å². The Labute approximate surface area is 135 Å². The largest absolute Gasteiger partial charge is 0.353 e. The van der Waals surface area contributed by atoms with Gasteiger partial charge in [-0.3, -0.25) is 9.59 Å². The molecule has 1 rings (SSSR count). The van der Waals surface area contributed by atoms with Gasteiger partial charge < -0.3 is 15.5 Å². The standard InChI is InChI=1S/C17H33N3O2/c1-16(2,3)15(22)18-12-14(21)19-13-17(20(4)5)10-8-6-7-9-11-17/h6-13H2,1-5H3,(H,18,22)(H,19,21). The van der Waals surface area contributed by atoms with E-state index in [9.17, 15) is 9.59 Å². The average Bonchev–Trinajstić information content (AvgIpc) is 2.68. The van der Waals surface area contributed by atoms with Crippen LogP contribution in [-0.4, -0.2) is 49.4 Å². The summed E-state index contributed by atoms with van der Waals surface area (Å²) in [6, 6.07) is 0. The summed E-state index contributed by atoms with van der Waals surface area (Å²) < 4.78 is 0. The van der Waals surface area contributed by atoms with Crippen molar-refractivity contribution in [2.24, 2.45) is 5.41 Å². The maximum atomic E-state index is 12.0. The van der Waals surface area contributed by atoms with Crippen molar-refractivity contribution in [1.29, 1.82) is 0 Å². The van der Waals surface area contributed by atoms with E-state index in [-0.39, 0.29) is 23.9 Å². The topological polar surface area (TPSA) is 61.4 Å². The Morgan fingerprint density at radius 2 is 1.55 bits per heavy atom. The van der Waals surface area contributed by atoms with Crippen LogP contribution in [0.15, 0.2) is 0 Å². The molecule has 1 aliphatic carbocycles. The van der Waals surface area contributed by atoms with Crippen LogP contribution in [0, 0.1) is 5.41 Å². The van der Waals surface area contributed by atoms with Crippen LogP contribution in [0.3, 0.4) is 0 Å². The van der Waals surface area contributed by atoms with E-state index in [1.54, 1.807) is 0 Å². The number of likely N-dealkylation sites (N-methyl/N-ethyl adjacent to an activating group) is 1. The van der Waals surface area contributed by atoms with E-state index in [0.717, 1.165) is 12.8 Å². The van der Waals surface area contributed by atoms with E-state index in [1.165, 1.54) is 25.7 Å². The first-order valence-corrected chi connectivity index (χ1v) is 8.40. The number of hydrogen-bond acceptors (Lipinski definition) is 3. The van der Waals surface area contributed by atoms with Crippen LogP contribution in [0.1, 0.15) is 59.3 Å². The minimum Gasteiger partial charge on any atom is -0.353 e. The van der Waals surface area contributed by atoms with E-state index < -0.39 is 5.41 Å². The van der Waals surface area contributed by atoms with Crippen LogP contribution in [0.2, 0.25) is 0 Å². The predicted molar refractivity (Wildman–Crippen MR) is 89.6 cm³/mol. The van der Waals surface area contributed by atoms with Crippen LogP contribution < -0.4 is 10.6 Å². The quantitative estimate of drug-likeness (QED) is 0.763. The fourth-order valence-electron chi connectivity index (χ4n) is 2.92. The zero-order chi connectivity index (χ0) is 16.8. The van der Waals surface area contributed by atoms with Gasteiger partial charge in [0.2, 0.25) is 11.8 Å². The highest BCUT2D eigenvalue weighted by Gasteiger charge is 2.33. The van der Waals surface area contributed by atoms with Gasteiger partial charge in [0.05, 0.1) is 6.54 Å². The zero-order valence-electron chi connectivity index (χ0n) is 14.9. The van der Waals surface area contributed by atoms with E-state index in [2.05, 4.69) is 29.6 Å². The molecule has 128 valence electrons. The van der Waals surface area contributed by atoms with Crippen molar-refractivity contribution in [3.63, 3.8) is 0 Å². The molecule has 22 heavy (non-hydrogen) atoms. The van der Waals surface area contributed by atoms with Gasteiger partial charge in [-0.05, 0) is 26.9 Å². The first-order chi connectivity index (χ1) is 10.2. The van der Waals surface area contributed by atoms with Gasteiger partial charge in [-0.15, -0.1) is 0 Å². The third kappa shape index (κ3) is 5.59. The lowest BCUT2D eigenvalue weighted by Crippen LogP contribution is -2.53. The van der Waals surface area contributed by atoms with Gasteiger partial charge in [0.1, 0.15) is 0 Å². The Balaban J connectivity index is 2.48. The molecule has 1 fully saturated rings. The molecule has 2 N–H and O–H groups in total. The Bertz CT molecular complexity index is 378. The number of rotatable bonds is 5. The lowest BCUT2D eigenvalue weighted by molar-refractivity contribution is -0.131. The Morgan fingerprint density at radius 1 is 1.00 bits per heavy atom. The highest BCUT2D eigenvalue weighted by atomic mass is 16.2. The number of nitrogens with zero attached hydrogens (tertiary/aromatic N) is 1. The fourth-order valence-corrected chi connectivity index (χ4v) is 2.92. The Hall–Kier alpha value is -1.10. The first-order valence-electron chi connectivity index (χ1n) is 8.40. The molecule has 1 aliphatic rings. The summed E-state index contributed by atoms with van der Waals surface area (Å²) in [4.78, 5) is 26.1. The molecule has 0 saturated heterocycles. The minimum atomic E-state index is -0.466. The molecule has 0 aliphatic heterocycles. The number of amides is 2. The van der Waals surface area contributed by atoms with Crippen molar-refractivity contribution in [2.45, 2.75) is 64.8 Å². The summed E-state index contributed by atoms with van der Waals surface area (Å²) in [5, 5.41) is 5.71. The molecule has 0 heterocycles. The molecule has 5 nitrogen and oxygen atoms in total. The second-order valence-corrected chi connectivity index (χ2v) is 7.74. The summed E-state index contributed by atoms with van der Waals surface area (Å²) >= 11 is 0. The molecule has 2 amide bonds. The maximum absolute atomic E-state index is 12.0. The molecule has 5 heteroatoms. The molecule has 1 saturated carbocycles. The third-order valence-corrected chi connectivity index (χ3v) is 4.69. The molecule has 0 aromatic carbocycles. The number of hydrogen-bond donors (Lipinski definition) is 2. The molecule has 0 unspecified atom stereocenters. The van der Waals surface area contributed by atoms with Crippen LogP contribution in [0.5, 0.6) is 0 Å². The van der Waals surface area contributed by atoms with Gasteiger partial charge in [0.25, 0.3) is 0 Å².